The third-order valence-corrected chi connectivity index (χ3v) is 6.01. The minimum Gasteiger partial charge on any atom is -0.549 e. The molecule has 0 fully saturated rings. The van der Waals surface area contributed by atoms with Gasteiger partial charge in [0.15, 0.2) is 0 Å². The molecular weight excluding hydrogens is 279 g/mol. The molecule has 2 rings (SSSR count). The average Bonchev–Trinajstić information content (AvgIpc) is 2.79. The molecule has 0 radical (unpaired) electrons. The predicted molar refractivity (Wildman–Crippen MR) is 72.5 cm³/mol. The summed E-state index contributed by atoms with van der Waals surface area (Å²) >= 11 is 0. The van der Waals surface area contributed by atoms with Crippen LogP contribution < -0.4 is 5.11 Å². The second kappa shape index (κ2) is 6.08. The van der Waals surface area contributed by atoms with Crippen LogP contribution in [0.3, 0.4) is 0 Å². The molecule has 1 aromatic carbocycles. The number of carboxylic acids is 1. The van der Waals surface area contributed by atoms with Crippen LogP contribution in [0.2, 0.25) is 0 Å². The minimum atomic E-state index is -3.48. The van der Waals surface area contributed by atoms with Crippen LogP contribution in [0.15, 0.2) is 24.3 Å². The van der Waals surface area contributed by atoms with Gasteiger partial charge in [0, 0.05) is 11.9 Å². The van der Waals surface area contributed by atoms with Gasteiger partial charge in [-0.15, -0.1) is 0 Å². The smallest absolute Gasteiger partial charge is 0.335 e. The third-order valence-electron chi connectivity index (χ3n) is 3.48. The van der Waals surface area contributed by atoms with Crippen LogP contribution in [0.25, 0.3) is 0 Å². The Hall–Kier alpha value is -1.16. The van der Waals surface area contributed by atoms with Crippen molar-refractivity contribution in [3.05, 3.63) is 35.4 Å². The fraction of sp³-hybridized carbons (Fsp3) is 0.500. The number of carbonyl (C=O) groups excluding carboxylic acids is 1. The summed E-state index contributed by atoms with van der Waals surface area (Å²) in [5.74, 6) is -2.19. The van der Waals surface area contributed by atoms with Crippen LogP contribution in [0.4, 0.5) is 0 Å². The standard InChI is InChI=1S/C14H19O5P/c1-3-18-20(17,19-4-2)12-9-10-7-5-6-8-11(10)13(12)14(15)16/h5-8,12-13H,3-4,9H2,1-2H3,(H,15,16)/p-1/t12-,13-/m0/s1. The quantitative estimate of drug-likeness (QED) is 0.747. The van der Waals surface area contributed by atoms with E-state index >= 15 is 0 Å². The van der Waals surface area contributed by atoms with E-state index in [1.807, 2.05) is 12.1 Å². The van der Waals surface area contributed by atoms with E-state index in [1.165, 1.54) is 0 Å². The molecule has 1 aliphatic rings. The first-order valence-electron chi connectivity index (χ1n) is 6.71. The molecule has 6 heteroatoms. The normalized spacial score (nSPS) is 21.7. The van der Waals surface area contributed by atoms with E-state index in [0.29, 0.717) is 12.0 Å². The Kier molecular flexibility index (Phi) is 4.63. The van der Waals surface area contributed by atoms with Gasteiger partial charge >= 0.3 is 7.60 Å². The Labute approximate surface area is 118 Å². The number of rotatable bonds is 6. The molecule has 0 saturated carbocycles. The minimum absolute atomic E-state index is 0.212. The van der Waals surface area contributed by atoms with E-state index in [-0.39, 0.29) is 13.2 Å². The number of hydrogen-bond acceptors (Lipinski definition) is 5. The van der Waals surface area contributed by atoms with Gasteiger partial charge in [-0.2, -0.15) is 0 Å². The molecule has 1 aliphatic carbocycles. The molecule has 0 bridgehead atoms. The average molecular weight is 297 g/mol. The molecule has 0 spiro atoms. The lowest BCUT2D eigenvalue weighted by Gasteiger charge is -2.28. The van der Waals surface area contributed by atoms with Crippen LogP contribution in [-0.4, -0.2) is 24.8 Å². The fourth-order valence-electron chi connectivity index (χ4n) is 2.74. The number of hydrogen-bond donors (Lipinski definition) is 0. The Bertz CT molecular complexity index is 532. The Balaban J connectivity index is 2.42. The van der Waals surface area contributed by atoms with Gasteiger partial charge in [0.05, 0.1) is 18.9 Å². The van der Waals surface area contributed by atoms with Crippen LogP contribution in [0, 0.1) is 0 Å². The molecule has 1 aromatic rings. The van der Waals surface area contributed by atoms with Crippen molar-refractivity contribution in [1.82, 2.24) is 0 Å². The van der Waals surface area contributed by atoms with Crippen molar-refractivity contribution in [3.63, 3.8) is 0 Å². The molecule has 0 unspecified atom stereocenters. The lowest BCUT2D eigenvalue weighted by atomic mass is 10.0. The maximum absolute atomic E-state index is 12.9. The van der Waals surface area contributed by atoms with Crippen LogP contribution in [-0.2, 0) is 24.8 Å². The van der Waals surface area contributed by atoms with Gasteiger partial charge in [0.1, 0.15) is 0 Å². The highest BCUT2D eigenvalue weighted by atomic mass is 31.2. The van der Waals surface area contributed by atoms with E-state index in [0.717, 1.165) is 5.56 Å². The summed E-state index contributed by atoms with van der Waals surface area (Å²) < 4.78 is 23.5. The monoisotopic (exact) mass is 297 g/mol. The van der Waals surface area contributed by atoms with Crippen LogP contribution >= 0.6 is 7.60 Å². The molecule has 0 amide bonds. The van der Waals surface area contributed by atoms with Gasteiger partial charge in [-0.1, -0.05) is 24.3 Å². The molecule has 110 valence electrons. The number of fused-ring (bicyclic) bond motifs is 1. The fourth-order valence-corrected chi connectivity index (χ4v) is 4.99. The summed E-state index contributed by atoms with van der Waals surface area (Å²) in [7, 11) is -3.48. The Morgan fingerprint density at radius 1 is 1.30 bits per heavy atom. The Morgan fingerprint density at radius 2 is 1.90 bits per heavy atom. The van der Waals surface area contributed by atoms with Crippen LogP contribution in [0.1, 0.15) is 30.9 Å². The second-order valence-electron chi connectivity index (χ2n) is 4.64. The summed E-state index contributed by atoms with van der Waals surface area (Å²) in [4.78, 5) is 11.5. The van der Waals surface area contributed by atoms with Gasteiger partial charge in [-0.25, -0.2) is 0 Å². The highest BCUT2D eigenvalue weighted by Crippen LogP contribution is 2.60. The predicted octanol–water partition coefficient (Wildman–Crippen LogP) is 1.71. The van der Waals surface area contributed by atoms with E-state index in [2.05, 4.69) is 0 Å². The van der Waals surface area contributed by atoms with Gasteiger partial charge < -0.3 is 18.9 Å². The zero-order valence-electron chi connectivity index (χ0n) is 11.6. The summed E-state index contributed by atoms with van der Waals surface area (Å²) in [6.45, 7) is 3.84. The molecule has 5 nitrogen and oxygen atoms in total. The zero-order chi connectivity index (χ0) is 14.8. The Morgan fingerprint density at radius 3 is 2.45 bits per heavy atom. The van der Waals surface area contributed by atoms with Crippen molar-refractivity contribution >= 4 is 13.6 Å². The lowest BCUT2D eigenvalue weighted by molar-refractivity contribution is -0.307. The molecule has 0 N–H and O–H groups in total. The summed E-state index contributed by atoms with van der Waals surface area (Å²) in [5, 5.41) is 11.5. The lowest BCUT2D eigenvalue weighted by Crippen LogP contribution is -2.35. The van der Waals surface area contributed by atoms with E-state index < -0.39 is 25.1 Å². The number of benzene rings is 1. The first kappa shape index (κ1) is 15.2. The van der Waals surface area contributed by atoms with Crippen LogP contribution in [0.5, 0.6) is 0 Å². The molecule has 0 aromatic heterocycles. The summed E-state index contributed by atoms with van der Waals surface area (Å²) in [6, 6.07) is 7.18. The van der Waals surface area contributed by atoms with Crippen molar-refractivity contribution in [2.75, 3.05) is 13.2 Å². The topological polar surface area (TPSA) is 75.7 Å². The van der Waals surface area contributed by atoms with E-state index in [9.17, 15) is 14.5 Å². The van der Waals surface area contributed by atoms with Crippen molar-refractivity contribution in [2.24, 2.45) is 0 Å². The maximum Gasteiger partial charge on any atom is 0.335 e. The molecule has 0 aliphatic heterocycles. The number of carbonyl (C=O) groups is 1. The highest BCUT2D eigenvalue weighted by molar-refractivity contribution is 7.54. The highest BCUT2D eigenvalue weighted by Gasteiger charge is 2.46. The van der Waals surface area contributed by atoms with Gasteiger partial charge in [0.2, 0.25) is 0 Å². The molecule has 0 saturated heterocycles. The van der Waals surface area contributed by atoms with Crippen molar-refractivity contribution < 1.29 is 23.5 Å². The van der Waals surface area contributed by atoms with Gasteiger partial charge in [-0.05, 0) is 31.4 Å². The molecular formula is C14H18O5P-. The first-order valence-corrected chi connectivity index (χ1v) is 8.32. The number of aliphatic carboxylic acids is 1. The van der Waals surface area contributed by atoms with Gasteiger partial charge in [0.25, 0.3) is 0 Å². The summed E-state index contributed by atoms with van der Waals surface area (Å²) in [5.41, 5.74) is 0.799. The van der Waals surface area contributed by atoms with Gasteiger partial charge in [-0.3, -0.25) is 4.57 Å². The van der Waals surface area contributed by atoms with Crippen molar-refractivity contribution in [3.8, 4) is 0 Å². The van der Waals surface area contributed by atoms with Crippen molar-refractivity contribution in [2.45, 2.75) is 31.8 Å². The van der Waals surface area contributed by atoms with Crippen molar-refractivity contribution in [1.29, 1.82) is 0 Å². The molecule has 0 heterocycles. The number of carboxylic acid groups (broad SMARTS) is 1. The zero-order valence-corrected chi connectivity index (χ0v) is 12.5. The maximum atomic E-state index is 12.9. The third kappa shape index (κ3) is 2.66. The molecule has 20 heavy (non-hydrogen) atoms. The SMILES string of the molecule is CCOP(=O)(OCC)[C@H]1Cc2ccccc2[C@@H]1C(=O)[O-]. The molecule has 2 atom stereocenters. The first-order chi connectivity index (χ1) is 9.53. The second-order valence-corrected chi connectivity index (χ2v) is 6.90. The summed E-state index contributed by atoms with van der Waals surface area (Å²) in [6.07, 6.45) is 0.367. The van der Waals surface area contributed by atoms with E-state index in [4.69, 9.17) is 9.05 Å². The largest absolute Gasteiger partial charge is 0.549 e. The van der Waals surface area contributed by atoms with E-state index in [1.54, 1.807) is 26.0 Å².